The minimum Gasteiger partial charge on any atom is -0.494 e. The summed E-state index contributed by atoms with van der Waals surface area (Å²) in [6.45, 7) is 2.58. The van der Waals surface area contributed by atoms with Crippen LogP contribution in [0.5, 0.6) is 5.75 Å². The van der Waals surface area contributed by atoms with Gasteiger partial charge in [0.05, 0.1) is 6.61 Å². The van der Waals surface area contributed by atoms with Crippen molar-refractivity contribution in [3.8, 4) is 5.75 Å². The lowest BCUT2D eigenvalue weighted by atomic mass is 9.86. The summed E-state index contributed by atoms with van der Waals surface area (Å²) >= 11 is 6.16. The monoisotopic (exact) mass is 368 g/mol. The Morgan fingerprint density at radius 1 is 1.27 bits per heavy atom. The van der Waals surface area contributed by atoms with Crippen LogP contribution in [0.15, 0.2) is 42.5 Å². The van der Waals surface area contributed by atoms with Crippen LogP contribution < -0.4 is 10.1 Å². The molecule has 2 aromatic carbocycles. The van der Waals surface area contributed by atoms with Crippen molar-refractivity contribution in [2.45, 2.75) is 26.2 Å². The molecule has 5 heteroatoms. The van der Waals surface area contributed by atoms with Crippen molar-refractivity contribution in [3.63, 3.8) is 0 Å². The molecule has 0 saturated heterocycles. The Balaban J connectivity index is 1.50. The third-order valence-corrected chi connectivity index (χ3v) is 5.19. The summed E-state index contributed by atoms with van der Waals surface area (Å²) in [5.41, 5.74) is 4.34. The van der Waals surface area contributed by atoms with E-state index >= 15 is 0 Å². The predicted molar refractivity (Wildman–Crippen MR) is 105 cm³/mol. The van der Waals surface area contributed by atoms with Gasteiger partial charge in [-0.15, -0.1) is 0 Å². The number of halogens is 1. The molecular formula is C21H21ClN2O2. The highest BCUT2D eigenvalue weighted by Crippen LogP contribution is 2.33. The summed E-state index contributed by atoms with van der Waals surface area (Å²) in [6, 6.07) is 13.4. The average molecular weight is 369 g/mol. The number of benzene rings is 2. The molecule has 0 fully saturated rings. The zero-order chi connectivity index (χ0) is 18.1. The Kier molecular flexibility index (Phi) is 4.60. The van der Waals surface area contributed by atoms with Crippen LogP contribution in [-0.2, 0) is 17.6 Å². The highest BCUT2D eigenvalue weighted by atomic mass is 35.5. The van der Waals surface area contributed by atoms with Crippen LogP contribution in [0, 0.1) is 5.92 Å². The van der Waals surface area contributed by atoms with Crippen LogP contribution >= 0.6 is 11.6 Å². The molecule has 1 heterocycles. The molecule has 0 bridgehead atoms. The molecule has 0 aliphatic heterocycles. The molecule has 1 unspecified atom stereocenters. The molecule has 1 aliphatic rings. The second kappa shape index (κ2) is 7.04. The van der Waals surface area contributed by atoms with Crippen LogP contribution in [0.2, 0.25) is 5.02 Å². The van der Waals surface area contributed by atoms with E-state index in [-0.39, 0.29) is 11.8 Å². The maximum Gasteiger partial charge on any atom is 0.227 e. The van der Waals surface area contributed by atoms with Crippen molar-refractivity contribution >= 4 is 34.1 Å². The number of hydrogen-bond acceptors (Lipinski definition) is 2. The Hall–Kier alpha value is -2.46. The summed E-state index contributed by atoms with van der Waals surface area (Å²) in [5.74, 6) is 0.840. The first-order chi connectivity index (χ1) is 12.6. The van der Waals surface area contributed by atoms with E-state index in [1.165, 1.54) is 11.3 Å². The molecule has 26 heavy (non-hydrogen) atoms. The third-order valence-electron chi connectivity index (χ3n) is 4.95. The molecule has 4 nitrogen and oxygen atoms in total. The zero-order valence-corrected chi connectivity index (χ0v) is 15.4. The van der Waals surface area contributed by atoms with E-state index in [4.69, 9.17) is 16.3 Å². The van der Waals surface area contributed by atoms with Crippen LogP contribution in [0.4, 0.5) is 5.69 Å². The van der Waals surface area contributed by atoms with Crippen LogP contribution in [0.3, 0.4) is 0 Å². The van der Waals surface area contributed by atoms with Gasteiger partial charge in [-0.3, -0.25) is 4.79 Å². The number of anilines is 1. The van der Waals surface area contributed by atoms with Gasteiger partial charge in [0.25, 0.3) is 0 Å². The summed E-state index contributed by atoms with van der Waals surface area (Å²) in [5, 5.41) is 4.89. The number of carbonyl (C=O) groups excluding carboxylic acids is 1. The standard InChI is InChI=1S/C21H21ClN2O2/c1-2-26-16-7-5-15(6-8-16)23-21(25)13-3-9-19-17(11-13)18-12-14(22)4-10-20(18)24-19/h4-8,10,12-13,24H,2-3,9,11H2,1H3,(H,23,25). The normalized spacial score (nSPS) is 16.3. The van der Waals surface area contributed by atoms with E-state index in [1.54, 1.807) is 0 Å². The third kappa shape index (κ3) is 3.29. The second-order valence-corrected chi connectivity index (χ2v) is 7.09. The largest absolute Gasteiger partial charge is 0.494 e. The lowest BCUT2D eigenvalue weighted by Gasteiger charge is -2.22. The Morgan fingerprint density at radius 3 is 2.85 bits per heavy atom. The van der Waals surface area contributed by atoms with Crippen LogP contribution in [0.1, 0.15) is 24.6 Å². The second-order valence-electron chi connectivity index (χ2n) is 6.66. The van der Waals surface area contributed by atoms with Gasteiger partial charge in [0.2, 0.25) is 5.91 Å². The van der Waals surface area contributed by atoms with Crippen LogP contribution in [0.25, 0.3) is 10.9 Å². The molecule has 2 N–H and O–H groups in total. The number of ether oxygens (including phenoxy) is 1. The van der Waals surface area contributed by atoms with E-state index in [1.807, 2.05) is 49.4 Å². The van der Waals surface area contributed by atoms with Crippen molar-refractivity contribution in [1.82, 2.24) is 4.98 Å². The number of fused-ring (bicyclic) bond motifs is 3. The minimum atomic E-state index is -0.0351. The predicted octanol–water partition coefficient (Wildman–Crippen LogP) is 4.96. The van der Waals surface area contributed by atoms with Gasteiger partial charge in [-0.25, -0.2) is 0 Å². The molecule has 0 saturated carbocycles. The van der Waals surface area contributed by atoms with Gasteiger partial charge in [-0.1, -0.05) is 11.6 Å². The number of aromatic nitrogens is 1. The molecule has 134 valence electrons. The number of nitrogens with one attached hydrogen (secondary N) is 2. The molecule has 4 rings (SSSR count). The lowest BCUT2D eigenvalue weighted by Crippen LogP contribution is -2.28. The topological polar surface area (TPSA) is 54.1 Å². The van der Waals surface area contributed by atoms with Gasteiger partial charge in [-0.05, 0) is 74.2 Å². The Labute approximate surface area is 157 Å². The average Bonchev–Trinajstić information content (AvgIpc) is 3.00. The van der Waals surface area contributed by atoms with E-state index in [0.29, 0.717) is 6.61 Å². The molecule has 1 atom stereocenters. The van der Waals surface area contributed by atoms with Crippen molar-refractivity contribution in [1.29, 1.82) is 0 Å². The first-order valence-corrected chi connectivity index (χ1v) is 9.34. The SMILES string of the molecule is CCOc1ccc(NC(=O)C2CCc3[nH]c4ccc(Cl)cc4c3C2)cc1. The quantitative estimate of drug-likeness (QED) is 0.683. The number of aryl methyl sites for hydroxylation is 1. The number of rotatable bonds is 4. The van der Waals surface area contributed by atoms with Gasteiger partial charge < -0.3 is 15.0 Å². The lowest BCUT2D eigenvalue weighted by molar-refractivity contribution is -0.120. The van der Waals surface area contributed by atoms with Crippen molar-refractivity contribution < 1.29 is 9.53 Å². The van der Waals surface area contributed by atoms with Gasteiger partial charge in [0, 0.05) is 33.2 Å². The fourth-order valence-corrected chi connectivity index (χ4v) is 3.83. The first-order valence-electron chi connectivity index (χ1n) is 8.96. The molecular weight excluding hydrogens is 348 g/mol. The highest BCUT2D eigenvalue weighted by Gasteiger charge is 2.27. The molecule has 0 radical (unpaired) electrons. The summed E-state index contributed by atoms with van der Waals surface area (Å²) in [6.07, 6.45) is 2.46. The summed E-state index contributed by atoms with van der Waals surface area (Å²) in [4.78, 5) is 16.2. The fraction of sp³-hybridized carbons (Fsp3) is 0.286. The van der Waals surface area contributed by atoms with Gasteiger partial charge in [0.15, 0.2) is 0 Å². The molecule has 1 amide bonds. The minimum absolute atomic E-state index is 0.0351. The van der Waals surface area contributed by atoms with Crippen molar-refractivity contribution in [2.24, 2.45) is 5.92 Å². The van der Waals surface area contributed by atoms with Crippen molar-refractivity contribution in [2.75, 3.05) is 11.9 Å². The first kappa shape index (κ1) is 17.0. The number of carbonyl (C=O) groups is 1. The van der Waals surface area contributed by atoms with Crippen LogP contribution in [-0.4, -0.2) is 17.5 Å². The highest BCUT2D eigenvalue weighted by molar-refractivity contribution is 6.31. The smallest absolute Gasteiger partial charge is 0.227 e. The van der Waals surface area contributed by atoms with E-state index in [2.05, 4.69) is 10.3 Å². The van der Waals surface area contributed by atoms with E-state index < -0.39 is 0 Å². The number of hydrogen-bond donors (Lipinski definition) is 2. The maximum absolute atomic E-state index is 12.7. The summed E-state index contributed by atoms with van der Waals surface area (Å²) in [7, 11) is 0. The van der Waals surface area contributed by atoms with Gasteiger partial charge in [0.1, 0.15) is 5.75 Å². The van der Waals surface area contributed by atoms with E-state index in [0.717, 1.165) is 46.6 Å². The molecule has 3 aromatic rings. The Bertz CT molecular complexity index is 947. The van der Waals surface area contributed by atoms with E-state index in [9.17, 15) is 4.79 Å². The molecule has 1 aliphatic carbocycles. The van der Waals surface area contributed by atoms with Gasteiger partial charge in [-0.2, -0.15) is 0 Å². The number of aromatic amines is 1. The number of H-pyrrole nitrogens is 1. The fourth-order valence-electron chi connectivity index (χ4n) is 3.66. The number of amides is 1. The maximum atomic E-state index is 12.7. The Morgan fingerprint density at radius 2 is 2.08 bits per heavy atom. The molecule has 0 spiro atoms. The molecule has 1 aromatic heterocycles. The van der Waals surface area contributed by atoms with Gasteiger partial charge >= 0.3 is 0 Å². The van der Waals surface area contributed by atoms with Crippen molar-refractivity contribution in [3.05, 3.63) is 58.7 Å². The zero-order valence-electron chi connectivity index (χ0n) is 14.6. The summed E-state index contributed by atoms with van der Waals surface area (Å²) < 4.78 is 5.44.